The van der Waals surface area contributed by atoms with Gasteiger partial charge in [0, 0.05) is 13.1 Å². The molecule has 0 aliphatic carbocycles. The van der Waals surface area contributed by atoms with Crippen molar-refractivity contribution in [1.82, 2.24) is 31.1 Å². The number of carbonyl (C=O) groups is 4. The molecule has 0 fully saturated rings. The number of nitrogens with zero attached hydrogens (tertiary/aromatic N) is 2. The number of hydrogen-bond donors (Lipinski definition) is 8. The predicted octanol–water partition coefficient (Wildman–Crippen LogP) is 19.1. The molecule has 0 saturated heterocycles. The fraction of sp³-hybridized carbons (Fsp3) is 0.946. The molecular weight excluding hydrogens is 1100 g/mol. The first kappa shape index (κ1) is 94.3. The first-order valence-corrected chi connectivity index (χ1v) is 38.0. The van der Waals surface area contributed by atoms with Crippen LogP contribution in [0.2, 0.25) is 0 Å². The summed E-state index contributed by atoms with van der Waals surface area (Å²) in [6.45, 7) is 25.9. The van der Waals surface area contributed by atoms with Crippen LogP contribution in [0.3, 0.4) is 0 Å². The number of rotatable bonds is 67. The van der Waals surface area contributed by atoms with Crippen LogP contribution < -0.4 is 21.3 Å². The van der Waals surface area contributed by atoms with Crippen LogP contribution in [0.5, 0.6) is 0 Å². The van der Waals surface area contributed by atoms with E-state index in [9.17, 15) is 19.2 Å². The second-order valence-corrected chi connectivity index (χ2v) is 25.1. The smallest absolute Gasteiger partial charge is 0.317 e. The molecule has 0 aliphatic heterocycles. The molecule has 0 aromatic heterocycles. The molecule has 88 heavy (non-hydrogen) atoms. The van der Waals surface area contributed by atoms with E-state index in [1.807, 2.05) is 0 Å². The minimum Gasteiger partial charge on any atom is -0.480 e. The summed E-state index contributed by atoms with van der Waals surface area (Å²) in [5.41, 5.74) is 0. The van der Waals surface area contributed by atoms with Crippen molar-refractivity contribution < 1.29 is 39.6 Å². The third-order valence-electron chi connectivity index (χ3n) is 15.8. The Hall–Kier alpha value is -2.36. The Morgan fingerprint density at radius 3 is 0.432 bits per heavy atom. The van der Waals surface area contributed by atoms with Crippen LogP contribution in [0.25, 0.3) is 0 Å². The second kappa shape index (κ2) is 88.8. The van der Waals surface area contributed by atoms with Gasteiger partial charge < -0.3 is 41.7 Å². The van der Waals surface area contributed by atoms with Gasteiger partial charge >= 0.3 is 23.9 Å². The topological polar surface area (TPSA) is 204 Å². The van der Waals surface area contributed by atoms with Gasteiger partial charge in [0.25, 0.3) is 0 Å². The first-order valence-electron chi connectivity index (χ1n) is 38.0. The minimum atomic E-state index is -1.23. The van der Waals surface area contributed by atoms with Crippen LogP contribution in [-0.2, 0) is 19.2 Å². The summed E-state index contributed by atoms with van der Waals surface area (Å²) in [4.78, 5) is 44.4. The third kappa shape index (κ3) is 103. The van der Waals surface area contributed by atoms with Crippen LogP contribution in [0, 0.1) is 0 Å². The average Bonchev–Trinajstić information content (AvgIpc) is 3.58. The summed E-state index contributed by atoms with van der Waals surface area (Å²) >= 11 is 0. The Morgan fingerprint density at radius 1 is 0.205 bits per heavy atom. The van der Waals surface area contributed by atoms with Crippen molar-refractivity contribution >= 4 is 23.9 Å². The van der Waals surface area contributed by atoms with Gasteiger partial charge in [0.15, 0.2) is 0 Å². The Morgan fingerprint density at radius 2 is 0.318 bits per heavy atom. The quantitative estimate of drug-likeness (QED) is 0.0267. The monoisotopic (exact) mass is 1260 g/mol. The number of nitrogens with one attached hydrogen (secondary N) is 4. The minimum absolute atomic E-state index is 0.0703. The van der Waals surface area contributed by atoms with Gasteiger partial charge in [-0.1, -0.05) is 312 Å². The maximum atomic E-state index is 10.6. The molecule has 0 heterocycles. The van der Waals surface area contributed by atoms with E-state index in [4.69, 9.17) is 20.4 Å². The van der Waals surface area contributed by atoms with E-state index in [0.29, 0.717) is 0 Å². The SMILES string of the molecule is CCCCCCCCNCCCCCCCC.CCCCCCCCNCCCCCCCC.CCCCCCCCNCCCCCCCC.CCCCCCCCNCCCCCCCC.O=C(O)CN(CCN(CC(=O)O)CC(=O)O)CC(=O)O. The summed E-state index contributed by atoms with van der Waals surface area (Å²) in [5.74, 6) is -4.91. The van der Waals surface area contributed by atoms with Crippen molar-refractivity contribution in [2.75, 3.05) is 91.6 Å². The highest BCUT2D eigenvalue weighted by atomic mass is 16.4. The van der Waals surface area contributed by atoms with Crippen molar-refractivity contribution in [2.45, 2.75) is 364 Å². The van der Waals surface area contributed by atoms with E-state index >= 15 is 0 Å². The molecule has 0 rings (SSSR count). The Bertz CT molecular complexity index is 1070. The molecule has 0 saturated carbocycles. The van der Waals surface area contributed by atoms with E-state index in [-0.39, 0.29) is 13.1 Å². The number of aliphatic carboxylic acids is 4. The molecule has 0 spiro atoms. The zero-order valence-electron chi connectivity index (χ0n) is 60.2. The van der Waals surface area contributed by atoms with E-state index in [1.165, 1.54) is 361 Å². The zero-order valence-corrected chi connectivity index (χ0v) is 60.2. The van der Waals surface area contributed by atoms with Crippen LogP contribution in [0.4, 0.5) is 0 Å². The summed E-state index contributed by atoms with van der Waals surface area (Å²) in [7, 11) is 0. The Balaban J connectivity index is -0.000000327. The summed E-state index contributed by atoms with van der Waals surface area (Å²) in [5, 5.41) is 48.7. The van der Waals surface area contributed by atoms with Crippen molar-refractivity contribution in [2.24, 2.45) is 0 Å². The van der Waals surface area contributed by atoms with Gasteiger partial charge in [-0.3, -0.25) is 29.0 Å². The van der Waals surface area contributed by atoms with Gasteiger partial charge in [0.05, 0.1) is 26.2 Å². The molecule has 14 heteroatoms. The molecule has 0 aromatic carbocycles. The van der Waals surface area contributed by atoms with E-state index < -0.39 is 50.1 Å². The Labute approximate surface area is 547 Å². The normalized spacial score (nSPS) is 10.9. The molecule has 0 radical (unpaired) electrons. The molecule has 0 aromatic rings. The van der Waals surface area contributed by atoms with E-state index in [2.05, 4.69) is 76.7 Å². The molecule has 0 atom stereocenters. The predicted molar refractivity (Wildman–Crippen MR) is 382 cm³/mol. The fourth-order valence-electron chi connectivity index (χ4n) is 10.2. The zero-order chi connectivity index (χ0) is 66.1. The molecule has 14 nitrogen and oxygen atoms in total. The lowest BCUT2D eigenvalue weighted by Crippen LogP contribution is -2.43. The molecule has 530 valence electrons. The van der Waals surface area contributed by atoms with Crippen LogP contribution in [0.15, 0.2) is 0 Å². The summed E-state index contributed by atoms with van der Waals surface area (Å²) in [6, 6.07) is 0. The average molecular weight is 1260 g/mol. The number of hydrogen-bond acceptors (Lipinski definition) is 10. The number of unbranched alkanes of at least 4 members (excludes halogenated alkanes) is 40. The second-order valence-electron chi connectivity index (χ2n) is 25.1. The van der Waals surface area contributed by atoms with Crippen molar-refractivity contribution in [3.8, 4) is 0 Å². The lowest BCUT2D eigenvalue weighted by Gasteiger charge is -2.23. The largest absolute Gasteiger partial charge is 0.480 e. The van der Waals surface area contributed by atoms with Gasteiger partial charge in [-0.15, -0.1) is 0 Å². The fourth-order valence-corrected chi connectivity index (χ4v) is 10.2. The van der Waals surface area contributed by atoms with Crippen molar-refractivity contribution in [1.29, 1.82) is 0 Å². The molecule has 0 unspecified atom stereocenters. The van der Waals surface area contributed by atoms with Crippen molar-refractivity contribution in [3.63, 3.8) is 0 Å². The summed E-state index contributed by atoms with van der Waals surface area (Å²) < 4.78 is 0. The highest BCUT2D eigenvalue weighted by molar-refractivity contribution is 5.73. The Kier molecular flexibility index (Phi) is 95.2. The van der Waals surface area contributed by atoms with Gasteiger partial charge in [0.2, 0.25) is 0 Å². The van der Waals surface area contributed by atoms with Gasteiger partial charge in [-0.05, 0) is 104 Å². The van der Waals surface area contributed by atoms with Crippen LogP contribution >= 0.6 is 0 Å². The molecule has 8 N–H and O–H groups in total. The molecule has 0 bridgehead atoms. The lowest BCUT2D eigenvalue weighted by atomic mass is 10.1. The number of carboxylic acids is 4. The maximum Gasteiger partial charge on any atom is 0.317 e. The van der Waals surface area contributed by atoms with Gasteiger partial charge in [-0.25, -0.2) is 0 Å². The third-order valence-corrected chi connectivity index (χ3v) is 15.8. The van der Waals surface area contributed by atoms with Gasteiger partial charge in [0.1, 0.15) is 0 Å². The highest BCUT2D eigenvalue weighted by Crippen LogP contribution is 2.10. The first-order chi connectivity index (χ1) is 42.9. The van der Waals surface area contributed by atoms with E-state index in [1.54, 1.807) is 0 Å². The summed E-state index contributed by atoms with van der Waals surface area (Å²) in [6.07, 6.45) is 67.6. The standard InChI is InChI=1S/4C16H35N.C10H16N2O8/c4*1-3-5-7-9-11-13-15-17-16-14-12-10-8-6-4-2;13-7(14)3-11(4-8(15)16)1-2-12(5-9(17)18)6-10(19)20/h4*17H,3-16H2,1-2H3;1-6H2,(H,13,14)(H,15,16)(H,17,18)(H,19,20). The van der Waals surface area contributed by atoms with Gasteiger partial charge in [-0.2, -0.15) is 0 Å². The molecule has 0 aliphatic rings. The molecule has 0 amide bonds. The lowest BCUT2D eigenvalue weighted by molar-refractivity contribution is -0.145. The van der Waals surface area contributed by atoms with Crippen LogP contribution in [0.1, 0.15) is 364 Å². The highest BCUT2D eigenvalue weighted by Gasteiger charge is 2.18. The van der Waals surface area contributed by atoms with Crippen LogP contribution in [-0.4, -0.2) is 146 Å². The molecular formula is C74H156N6O8. The number of carboxylic acid groups (broad SMARTS) is 4. The van der Waals surface area contributed by atoms with E-state index in [0.717, 1.165) is 9.80 Å². The maximum absolute atomic E-state index is 10.6. The van der Waals surface area contributed by atoms with Crippen molar-refractivity contribution in [3.05, 3.63) is 0 Å².